The highest BCUT2D eigenvalue weighted by atomic mass is 32.2. The topological polar surface area (TPSA) is 171 Å². The second-order valence-electron chi connectivity index (χ2n) is 9.00. The van der Waals surface area contributed by atoms with Gasteiger partial charge in [-0.2, -0.15) is 0 Å². The molecule has 1 saturated heterocycles. The lowest BCUT2D eigenvalue weighted by Gasteiger charge is -2.46. The number of carbonyl (C=O) groups is 3. The maximum absolute atomic E-state index is 12.5. The number of ether oxygens (including phenoxy) is 1. The SMILES string of the molecule is C[C@@H]1C(CSc2ccc(NNC(=O)OCc3ccc([N+](=O)[O-])cc3)cc2)=C(C(=O)O)N2C(=O)C([C@@H](C)O)[C@H]12. The number of carbonyl (C=O) groups excluding carboxylic acids is 2. The molecule has 2 aromatic carbocycles. The number of aliphatic carboxylic acids is 1. The summed E-state index contributed by atoms with van der Waals surface area (Å²) in [6.45, 7) is 3.36. The minimum absolute atomic E-state index is 0.00613. The lowest BCUT2D eigenvalue weighted by Crippen LogP contribution is -2.63. The van der Waals surface area contributed by atoms with Gasteiger partial charge < -0.3 is 19.8 Å². The second-order valence-corrected chi connectivity index (χ2v) is 10.0. The van der Waals surface area contributed by atoms with Crippen molar-refractivity contribution in [2.45, 2.75) is 37.5 Å². The number of anilines is 1. The molecule has 13 heteroatoms. The molecule has 2 amide bonds. The van der Waals surface area contributed by atoms with Crippen molar-refractivity contribution >= 4 is 41.1 Å². The Balaban J connectivity index is 1.28. The molecule has 4 rings (SSSR count). The molecular formula is C25H26N4O8S. The van der Waals surface area contributed by atoms with Crippen LogP contribution in [-0.4, -0.2) is 55.9 Å². The first kappa shape index (κ1) is 26.9. The zero-order valence-corrected chi connectivity index (χ0v) is 21.3. The van der Waals surface area contributed by atoms with E-state index in [1.54, 1.807) is 31.2 Å². The Kier molecular flexibility index (Phi) is 7.88. The Morgan fingerprint density at radius 1 is 1.18 bits per heavy atom. The van der Waals surface area contributed by atoms with Crippen LogP contribution >= 0.6 is 11.8 Å². The number of hydrazine groups is 1. The monoisotopic (exact) mass is 542 g/mol. The Morgan fingerprint density at radius 2 is 1.84 bits per heavy atom. The number of benzene rings is 2. The number of carboxylic acid groups (broad SMARTS) is 1. The third-order valence-corrected chi connectivity index (χ3v) is 7.65. The first-order valence-corrected chi connectivity index (χ1v) is 12.7. The van der Waals surface area contributed by atoms with Crippen molar-refractivity contribution in [2.75, 3.05) is 11.2 Å². The Bertz CT molecular complexity index is 1280. The highest BCUT2D eigenvalue weighted by molar-refractivity contribution is 7.99. The van der Waals surface area contributed by atoms with Crippen molar-refractivity contribution in [3.8, 4) is 0 Å². The first-order valence-electron chi connectivity index (χ1n) is 11.7. The number of amides is 2. The molecule has 2 aromatic rings. The van der Waals surface area contributed by atoms with Crippen LogP contribution in [0, 0.1) is 22.0 Å². The smallest absolute Gasteiger partial charge is 0.426 e. The van der Waals surface area contributed by atoms with Crippen LogP contribution < -0.4 is 10.9 Å². The normalized spacial score (nSPS) is 20.9. The van der Waals surface area contributed by atoms with Gasteiger partial charge in [0.05, 0.1) is 28.7 Å². The molecule has 0 spiro atoms. The number of aliphatic hydroxyl groups is 1. The predicted molar refractivity (Wildman–Crippen MR) is 137 cm³/mol. The van der Waals surface area contributed by atoms with E-state index in [9.17, 15) is 34.7 Å². The lowest BCUT2D eigenvalue weighted by molar-refractivity contribution is -0.384. The zero-order chi connectivity index (χ0) is 27.6. The number of nitrogens with zero attached hydrogens (tertiary/aromatic N) is 2. The van der Waals surface area contributed by atoms with Crippen LogP contribution in [0.3, 0.4) is 0 Å². The number of aliphatic hydroxyl groups excluding tert-OH is 1. The number of hydrogen-bond acceptors (Lipinski definition) is 9. The van der Waals surface area contributed by atoms with E-state index >= 15 is 0 Å². The number of nitrogens with one attached hydrogen (secondary N) is 2. The maximum Gasteiger partial charge on any atom is 0.426 e. The van der Waals surface area contributed by atoms with Crippen LogP contribution in [0.1, 0.15) is 19.4 Å². The molecule has 0 saturated carbocycles. The lowest BCUT2D eigenvalue weighted by atomic mass is 9.78. The van der Waals surface area contributed by atoms with Crippen molar-refractivity contribution in [1.29, 1.82) is 0 Å². The average molecular weight is 543 g/mol. The van der Waals surface area contributed by atoms with Gasteiger partial charge in [-0.25, -0.2) is 15.0 Å². The van der Waals surface area contributed by atoms with E-state index in [-0.39, 0.29) is 35.9 Å². The summed E-state index contributed by atoms with van der Waals surface area (Å²) in [6, 6.07) is 12.4. The van der Waals surface area contributed by atoms with Gasteiger partial charge in [0.25, 0.3) is 5.69 Å². The molecule has 1 unspecified atom stereocenters. The standard InChI is InChI=1S/C25H26N4O8S/c1-13-19(22(24(32)33)28-21(13)20(14(2)30)23(28)31)12-38-18-9-5-16(6-10-18)26-27-25(34)37-11-15-3-7-17(8-4-15)29(35)36/h3-10,13-14,20-21,26,30H,11-12H2,1-2H3,(H,27,34)(H,32,33)/t13-,14-,20?,21+/m1/s1. The van der Waals surface area contributed by atoms with Crippen LogP contribution in [0.15, 0.2) is 64.7 Å². The van der Waals surface area contributed by atoms with E-state index in [1.165, 1.54) is 40.9 Å². The molecule has 0 bridgehead atoms. The molecule has 2 aliphatic heterocycles. The average Bonchev–Trinajstić information content (AvgIpc) is 3.13. The molecule has 38 heavy (non-hydrogen) atoms. The molecule has 0 aromatic heterocycles. The van der Waals surface area contributed by atoms with Crippen molar-refractivity contribution in [3.05, 3.63) is 75.5 Å². The highest BCUT2D eigenvalue weighted by Crippen LogP contribution is 2.48. The third kappa shape index (κ3) is 5.43. The summed E-state index contributed by atoms with van der Waals surface area (Å²) in [5.41, 5.74) is 6.90. The summed E-state index contributed by atoms with van der Waals surface area (Å²) in [5.74, 6) is -1.93. The molecular weight excluding hydrogens is 516 g/mol. The molecule has 200 valence electrons. The summed E-state index contributed by atoms with van der Waals surface area (Å²) in [7, 11) is 0. The van der Waals surface area contributed by atoms with Gasteiger partial charge >= 0.3 is 12.1 Å². The fraction of sp³-hybridized carbons (Fsp3) is 0.320. The molecule has 2 heterocycles. The number of non-ortho nitro benzene ring substituents is 1. The molecule has 4 N–H and O–H groups in total. The van der Waals surface area contributed by atoms with Gasteiger partial charge in [-0.15, -0.1) is 11.8 Å². The zero-order valence-electron chi connectivity index (χ0n) is 20.5. The Labute approximate surface area is 221 Å². The molecule has 4 atom stereocenters. The van der Waals surface area contributed by atoms with Crippen molar-refractivity contribution < 1.29 is 34.3 Å². The van der Waals surface area contributed by atoms with Gasteiger partial charge in [0.2, 0.25) is 5.91 Å². The minimum Gasteiger partial charge on any atom is -0.477 e. The van der Waals surface area contributed by atoms with E-state index in [0.29, 0.717) is 22.6 Å². The minimum atomic E-state index is -1.15. The quantitative estimate of drug-likeness (QED) is 0.151. The number of carboxylic acids is 1. The van der Waals surface area contributed by atoms with E-state index in [1.807, 2.05) is 6.92 Å². The number of fused-ring (bicyclic) bond motifs is 1. The number of β-lactam (4-membered cyclic amide) rings is 1. The highest BCUT2D eigenvalue weighted by Gasteiger charge is 2.59. The van der Waals surface area contributed by atoms with Crippen LogP contribution in [0.5, 0.6) is 0 Å². The van der Waals surface area contributed by atoms with Crippen molar-refractivity contribution in [3.63, 3.8) is 0 Å². The van der Waals surface area contributed by atoms with Gasteiger partial charge in [-0.05, 0) is 54.5 Å². The summed E-state index contributed by atoms with van der Waals surface area (Å²) in [5, 5.41) is 30.4. The van der Waals surface area contributed by atoms with Gasteiger partial charge in [0.15, 0.2) is 0 Å². The fourth-order valence-electron chi connectivity index (χ4n) is 4.65. The van der Waals surface area contributed by atoms with E-state index < -0.39 is 29.0 Å². The molecule has 12 nitrogen and oxygen atoms in total. The number of rotatable bonds is 10. The summed E-state index contributed by atoms with van der Waals surface area (Å²) in [6.07, 6.45) is -1.58. The van der Waals surface area contributed by atoms with Crippen LogP contribution in [0.25, 0.3) is 0 Å². The second kappa shape index (κ2) is 11.1. The van der Waals surface area contributed by atoms with Gasteiger partial charge in [0, 0.05) is 28.7 Å². The molecule has 0 radical (unpaired) electrons. The number of nitro groups is 1. The van der Waals surface area contributed by atoms with Crippen LogP contribution in [0.2, 0.25) is 0 Å². The Morgan fingerprint density at radius 3 is 2.42 bits per heavy atom. The summed E-state index contributed by atoms with van der Waals surface area (Å²) in [4.78, 5) is 48.6. The van der Waals surface area contributed by atoms with Crippen LogP contribution in [-0.2, 0) is 20.9 Å². The van der Waals surface area contributed by atoms with Gasteiger partial charge in [0.1, 0.15) is 12.3 Å². The first-order chi connectivity index (χ1) is 18.1. The number of nitro benzene ring substituents is 1. The fourth-order valence-corrected chi connectivity index (χ4v) is 5.70. The molecule has 0 aliphatic carbocycles. The largest absolute Gasteiger partial charge is 0.477 e. The Hall–Kier alpha value is -4.10. The maximum atomic E-state index is 12.5. The van der Waals surface area contributed by atoms with Crippen molar-refractivity contribution in [1.82, 2.24) is 10.3 Å². The third-order valence-electron chi connectivity index (χ3n) is 6.59. The van der Waals surface area contributed by atoms with E-state index in [2.05, 4.69) is 10.9 Å². The van der Waals surface area contributed by atoms with E-state index in [0.717, 1.165) is 4.90 Å². The van der Waals surface area contributed by atoms with Gasteiger partial charge in [-0.3, -0.25) is 20.3 Å². The summed E-state index contributed by atoms with van der Waals surface area (Å²) < 4.78 is 5.08. The molecule has 2 aliphatic rings. The van der Waals surface area contributed by atoms with Gasteiger partial charge in [-0.1, -0.05) is 6.92 Å². The number of hydrogen-bond donors (Lipinski definition) is 4. The summed E-state index contributed by atoms with van der Waals surface area (Å²) >= 11 is 1.42. The van der Waals surface area contributed by atoms with Crippen molar-refractivity contribution in [2.24, 2.45) is 11.8 Å². The molecule has 1 fully saturated rings. The van der Waals surface area contributed by atoms with E-state index in [4.69, 9.17) is 4.74 Å². The predicted octanol–water partition coefficient (Wildman–Crippen LogP) is 3.14. The number of thioether (sulfide) groups is 1. The van der Waals surface area contributed by atoms with Crippen LogP contribution in [0.4, 0.5) is 16.2 Å².